The molecule has 0 saturated carbocycles. The van der Waals surface area contributed by atoms with Gasteiger partial charge in [0.25, 0.3) is 5.56 Å². The minimum atomic E-state index is -0.304. The highest BCUT2D eigenvalue weighted by molar-refractivity contribution is 6.51. The highest BCUT2D eigenvalue weighted by atomic mass is 16.1. The Balaban J connectivity index is 1.71. The van der Waals surface area contributed by atoms with Crippen LogP contribution in [0.5, 0.6) is 0 Å². The fraction of sp³-hybridized carbons (Fsp3) is 0.0769. The molecule has 0 fully saturated rings. The quantitative estimate of drug-likeness (QED) is 0.255. The summed E-state index contributed by atoms with van der Waals surface area (Å²) in [7, 11) is 1.78. The molecule has 1 heterocycles. The Bertz CT molecular complexity index is 1390. The van der Waals surface area contributed by atoms with Gasteiger partial charge in [0.15, 0.2) is 5.84 Å². The molecule has 0 unspecified atom stereocenters. The molecule has 34 heavy (non-hydrogen) atoms. The summed E-state index contributed by atoms with van der Waals surface area (Å²) in [6.45, 7) is 1.79. The van der Waals surface area contributed by atoms with Crippen molar-refractivity contribution < 1.29 is 0 Å². The average Bonchev–Trinajstić information content (AvgIpc) is 3.09. The Hall–Kier alpha value is -4.90. The van der Waals surface area contributed by atoms with Crippen LogP contribution in [0.4, 0.5) is 17.1 Å². The molecule has 0 aliphatic carbocycles. The first kappa shape index (κ1) is 22.3. The Labute approximate surface area is 197 Å². The molecule has 3 aromatic carbocycles. The van der Waals surface area contributed by atoms with Crippen LogP contribution in [0.1, 0.15) is 5.69 Å². The molecule has 0 radical (unpaired) electrons. The van der Waals surface area contributed by atoms with Crippen LogP contribution in [-0.4, -0.2) is 20.9 Å². The van der Waals surface area contributed by atoms with Gasteiger partial charge in [-0.1, -0.05) is 54.6 Å². The van der Waals surface area contributed by atoms with Crippen LogP contribution < -0.4 is 15.9 Å². The Morgan fingerprint density at radius 2 is 1.44 bits per heavy atom. The van der Waals surface area contributed by atoms with Crippen LogP contribution in [0.25, 0.3) is 5.69 Å². The summed E-state index contributed by atoms with van der Waals surface area (Å²) in [6, 6.07) is 29.9. The van der Waals surface area contributed by atoms with Gasteiger partial charge in [0.2, 0.25) is 5.71 Å². The van der Waals surface area contributed by atoms with Gasteiger partial charge in [-0.15, -0.1) is 0 Å². The fourth-order valence-corrected chi connectivity index (χ4v) is 3.61. The van der Waals surface area contributed by atoms with E-state index in [1.54, 1.807) is 23.6 Å². The first-order valence-electron chi connectivity index (χ1n) is 10.6. The topological polar surface area (TPSA) is 102 Å². The maximum absolute atomic E-state index is 13.1. The number of anilines is 3. The zero-order chi connectivity index (χ0) is 24.1. The van der Waals surface area contributed by atoms with E-state index < -0.39 is 0 Å². The lowest BCUT2D eigenvalue weighted by Gasteiger charge is -2.24. The van der Waals surface area contributed by atoms with Gasteiger partial charge in [-0.2, -0.15) is 10.4 Å². The van der Waals surface area contributed by atoms with E-state index in [0.717, 1.165) is 0 Å². The number of hydrogen-bond acceptors (Lipinski definition) is 5. The number of hydrogen-bond donors (Lipinski definition) is 2. The number of nitrogens with one attached hydrogen (secondary N) is 2. The minimum Gasteiger partial charge on any atom is -0.293 e. The molecule has 4 aromatic rings. The molecule has 0 bridgehead atoms. The lowest BCUT2D eigenvalue weighted by atomic mass is 10.2. The van der Waals surface area contributed by atoms with Gasteiger partial charge >= 0.3 is 0 Å². The normalized spacial score (nSPS) is 11.0. The number of nitriles is 1. The summed E-state index contributed by atoms with van der Waals surface area (Å²) in [5.41, 5.74) is 5.29. The second-order valence-electron chi connectivity index (χ2n) is 7.48. The molecule has 0 aliphatic rings. The van der Waals surface area contributed by atoms with Crippen molar-refractivity contribution in [2.24, 2.45) is 12.1 Å². The molecule has 0 saturated heterocycles. The molecule has 168 valence electrons. The van der Waals surface area contributed by atoms with Gasteiger partial charge in [-0.3, -0.25) is 25.2 Å². The van der Waals surface area contributed by atoms with Crippen LogP contribution in [-0.2, 0) is 7.05 Å². The standard InChI is InChI=1S/C26H23N7O/c1-19-24(26(34)33(31(19)2)22-16-10-5-11-17-22)30-29-23(18-27)25(28)32(20-12-6-3-7-13-20)21-14-8-4-9-15-21/h3-17,28,30H,1-2H3/b28-25?,29-23+. The molecule has 0 spiro atoms. The molecule has 0 aliphatic heterocycles. The zero-order valence-corrected chi connectivity index (χ0v) is 18.8. The van der Waals surface area contributed by atoms with Crippen molar-refractivity contribution >= 4 is 28.6 Å². The van der Waals surface area contributed by atoms with E-state index in [9.17, 15) is 10.1 Å². The van der Waals surface area contributed by atoms with E-state index in [1.807, 2.05) is 97.1 Å². The summed E-state index contributed by atoms with van der Waals surface area (Å²) >= 11 is 0. The van der Waals surface area contributed by atoms with Crippen LogP contribution in [0.15, 0.2) is 101 Å². The number of para-hydroxylation sites is 3. The summed E-state index contributed by atoms with van der Waals surface area (Å²) in [4.78, 5) is 14.8. The molecular formula is C26H23N7O. The van der Waals surface area contributed by atoms with E-state index >= 15 is 0 Å². The van der Waals surface area contributed by atoms with E-state index in [2.05, 4.69) is 10.5 Å². The molecule has 8 nitrogen and oxygen atoms in total. The van der Waals surface area contributed by atoms with Crippen molar-refractivity contribution in [3.05, 3.63) is 107 Å². The summed E-state index contributed by atoms with van der Waals surface area (Å²) in [6.07, 6.45) is 0. The summed E-state index contributed by atoms with van der Waals surface area (Å²) in [5, 5.41) is 22.8. The smallest absolute Gasteiger partial charge is 0.293 e. The highest BCUT2D eigenvalue weighted by Gasteiger charge is 2.21. The van der Waals surface area contributed by atoms with Crippen molar-refractivity contribution in [2.45, 2.75) is 6.92 Å². The lowest BCUT2D eigenvalue weighted by Crippen LogP contribution is -2.32. The Morgan fingerprint density at radius 1 is 0.941 bits per heavy atom. The minimum absolute atomic E-state index is 0.121. The lowest BCUT2D eigenvalue weighted by molar-refractivity contribution is 0.630. The highest BCUT2D eigenvalue weighted by Crippen LogP contribution is 2.25. The van der Waals surface area contributed by atoms with E-state index in [-0.39, 0.29) is 22.8 Å². The third-order valence-electron chi connectivity index (χ3n) is 5.42. The van der Waals surface area contributed by atoms with E-state index in [0.29, 0.717) is 22.8 Å². The second-order valence-corrected chi connectivity index (χ2v) is 7.48. The third kappa shape index (κ3) is 4.23. The van der Waals surface area contributed by atoms with Crippen molar-refractivity contribution in [2.75, 3.05) is 10.3 Å². The van der Waals surface area contributed by atoms with Crippen molar-refractivity contribution in [1.82, 2.24) is 9.36 Å². The van der Waals surface area contributed by atoms with Crippen LogP contribution >= 0.6 is 0 Å². The molecular weight excluding hydrogens is 426 g/mol. The number of rotatable bonds is 6. The van der Waals surface area contributed by atoms with Crippen LogP contribution in [0.3, 0.4) is 0 Å². The SMILES string of the molecule is Cc1c(N/N=C(\C#N)C(=N)N(c2ccccc2)c2ccccc2)c(=O)n(-c2ccccc2)n1C. The van der Waals surface area contributed by atoms with Crippen molar-refractivity contribution in [3.63, 3.8) is 0 Å². The number of nitrogens with zero attached hydrogens (tertiary/aromatic N) is 5. The number of hydrazone groups is 1. The fourth-order valence-electron chi connectivity index (χ4n) is 3.61. The van der Waals surface area contributed by atoms with Gasteiger partial charge in [0, 0.05) is 18.4 Å². The monoisotopic (exact) mass is 449 g/mol. The summed E-state index contributed by atoms with van der Waals surface area (Å²) in [5.74, 6) is -0.121. The first-order chi connectivity index (χ1) is 16.5. The third-order valence-corrected chi connectivity index (χ3v) is 5.42. The Kier molecular flexibility index (Phi) is 6.37. The van der Waals surface area contributed by atoms with Crippen LogP contribution in [0, 0.1) is 23.7 Å². The molecule has 2 N–H and O–H groups in total. The maximum atomic E-state index is 13.1. The predicted molar refractivity (Wildman–Crippen MR) is 135 cm³/mol. The molecule has 0 amide bonds. The average molecular weight is 450 g/mol. The Morgan fingerprint density at radius 3 is 1.94 bits per heavy atom. The van der Waals surface area contributed by atoms with E-state index in [4.69, 9.17) is 5.41 Å². The maximum Gasteiger partial charge on any atom is 0.296 e. The first-order valence-corrected chi connectivity index (χ1v) is 10.6. The molecule has 4 rings (SSSR count). The molecule has 8 heteroatoms. The summed E-state index contributed by atoms with van der Waals surface area (Å²) < 4.78 is 3.23. The van der Waals surface area contributed by atoms with Gasteiger partial charge in [0.05, 0.1) is 11.4 Å². The van der Waals surface area contributed by atoms with E-state index in [1.165, 1.54) is 4.68 Å². The number of amidine groups is 1. The van der Waals surface area contributed by atoms with Crippen molar-refractivity contribution in [1.29, 1.82) is 10.7 Å². The van der Waals surface area contributed by atoms with Gasteiger partial charge in [-0.05, 0) is 43.3 Å². The zero-order valence-electron chi connectivity index (χ0n) is 18.8. The number of aromatic nitrogens is 2. The largest absolute Gasteiger partial charge is 0.296 e. The van der Waals surface area contributed by atoms with Gasteiger partial charge < -0.3 is 0 Å². The molecule has 1 aromatic heterocycles. The molecule has 0 atom stereocenters. The van der Waals surface area contributed by atoms with Gasteiger partial charge in [0.1, 0.15) is 11.8 Å². The number of benzene rings is 3. The second kappa shape index (κ2) is 9.71. The van der Waals surface area contributed by atoms with Crippen LogP contribution in [0.2, 0.25) is 0 Å². The predicted octanol–water partition coefficient (Wildman–Crippen LogP) is 4.59. The van der Waals surface area contributed by atoms with Crippen molar-refractivity contribution in [3.8, 4) is 11.8 Å². The van der Waals surface area contributed by atoms with Gasteiger partial charge in [-0.25, -0.2) is 4.68 Å².